The van der Waals surface area contributed by atoms with Gasteiger partial charge in [-0.1, -0.05) is 0 Å². The summed E-state index contributed by atoms with van der Waals surface area (Å²) < 4.78 is 50.1. The molecular formula is C27H34F3N5O5. The van der Waals surface area contributed by atoms with E-state index < -0.39 is 29.2 Å². The van der Waals surface area contributed by atoms with Gasteiger partial charge in [0.2, 0.25) is 0 Å². The van der Waals surface area contributed by atoms with Gasteiger partial charge in [-0.3, -0.25) is 14.6 Å². The number of nitrogens with zero attached hydrogens (tertiary/aromatic N) is 4. The van der Waals surface area contributed by atoms with Gasteiger partial charge in [0.15, 0.2) is 5.82 Å². The summed E-state index contributed by atoms with van der Waals surface area (Å²) in [5.74, 6) is -0.457. The SMILES string of the molecule is CCOC(=O)CN1CCC[C@@H](Nc2nnc(-c3ccc(C(F)(F)F)cc3O)c3c2CN(C(=O)OC(C)(C)C)C3)C1. The molecule has 4 rings (SSSR count). The van der Waals surface area contributed by atoms with Gasteiger partial charge in [-0.25, -0.2) is 4.79 Å². The van der Waals surface area contributed by atoms with Gasteiger partial charge in [0, 0.05) is 29.3 Å². The summed E-state index contributed by atoms with van der Waals surface area (Å²) >= 11 is 0. The van der Waals surface area contributed by atoms with Crippen molar-refractivity contribution in [2.24, 2.45) is 0 Å². The van der Waals surface area contributed by atoms with Gasteiger partial charge >= 0.3 is 18.2 Å². The van der Waals surface area contributed by atoms with E-state index in [0.717, 1.165) is 31.5 Å². The molecule has 0 spiro atoms. The number of alkyl halides is 3. The summed E-state index contributed by atoms with van der Waals surface area (Å²) in [6.45, 7) is 9.01. The monoisotopic (exact) mass is 565 g/mol. The first-order valence-electron chi connectivity index (χ1n) is 13.2. The van der Waals surface area contributed by atoms with Gasteiger partial charge in [-0.05, 0) is 65.3 Å². The van der Waals surface area contributed by atoms with Gasteiger partial charge in [0.1, 0.15) is 17.0 Å². The second-order valence-electron chi connectivity index (χ2n) is 10.9. The number of hydrogen-bond donors (Lipinski definition) is 2. The molecule has 2 aliphatic rings. The maximum atomic E-state index is 13.2. The third kappa shape index (κ3) is 6.93. The fourth-order valence-corrected chi connectivity index (χ4v) is 4.88. The Bertz CT molecular complexity index is 1260. The number of carbonyl (C=O) groups is 2. The van der Waals surface area contributed by atoms with Gasteiger partial charge in [-0.15, -0.1) is 10.2 Å². The quantitative estimate of drug-likeness (QED) is 0.486. The number of fused-ring (bicyclic) bond motifs is 1. The number of likely N-dealkylation sites (tertiary alicyclic amines) is 1. The predicted molar refractivity (Wildman–Crippen MR) is 139 cm³/mol. The molecular weight excluding hydrogens is 531 g/mol. The minimum Gasteiger partial charge on any atom is -0.507 e. The largest absolute Gasteiger partial charge is 0.507 e. The molecule has 10 nitrogen and oxygen atoms in total. The average Bonchev–Trinajstić information content (AvgIpc) is 3.30. The standard InChI is InChI=1S/C27H34F3N5O5/c1-5-39-22(37)15-34-10-6-7-17(12-34)31-24-20-14-35(25(38)40-26(2,3)4)13-19(20)23(32-33-24)18-9-8-16(11-21(18)36)27(28,29)30/h8-9,11,17,36H,5-7,10,12-15H2,1-4H3,(H,31,33)/t17-/m1/s1. The molecule has 0 aliphatic carbocycles. The number of ether oxygens (including phenoxy) is 2. The van der Waals surface area contributed by atoms with Crippen molar-refractivity contribution in [2.75, 3.05) is 31.6 Å². The molecule has 0 radical (unpaired) electrons. The van der Waals surface area contributed by atoms with Crippen molar-refractivity contribution in [1.82, 2.24) is 20.0 Å². The van der Waals surface area contributed by atoms with E-state index in [4.69, 9.17) is 9.47 Å². The number of halogens is 3. The summed E-state index contributed by atoms with van der Waals surface area (Å²) in [6.07, 6.45) is -3.52. The van der Waals surface area contributed by atoms with E-state index in [2.05, 4.69) is 15.5 Å². The fraction of sp³-hybridized carbons (Fsp3) is 0.556. The summed E-state index contributed by atoms with van der Waals surface area (Å²) in [5.41, 5.74) is -0.271. The summed E-state index contributed by atoms with van der Waals surface area (Å²) in [7, 11) is 0. The highest BCUT2D eigenvalue weighted by Crippen LogP contribution is 2.40. The van der Waals surface area contributed by atoms with E-state index >= 15 is 0 Å². The van der Waals surface area contributed by atoms with Crippen molar-refractivity contribution in [3.63, 3.8) is 0 Å². The van der Waals surface area contributed by atoms with Crippen molar-refractivity contribution in [1.29, 1.82) is 0 Å². The van der Waals surface area contributed by atoms with Crippen LogP contribution in [0.2, 0.25) is 0 Å². The molecule has 13 heteroatoms. The Morgan fingerprint density at radius 1 is 1.15 bits per heavy atom. The Kier molecular flexibility index (Phi) is 8.43. The molecule has 2 aliphatic heterocycles. The van der Waals surface area contributed by atoms with Crippen molar-refractivity contribution in [2.45, 2.75) is 71.4 Å². The number of esters is 1. The van der Waals surface area contributed by atoms with Gasteiger partial charge < -0.3 is 19.9 Å². The Morgan fingerprint density at radius 3 is 2.52 bits per heavy atom. The van der Waals surface area contributed by atoms with E-state index in [9.17, 15) is 27.9 Å². The second kappa shape index (κ2) is 11.5. The molecule has 1 amide bonds. The third-order valence-electron chi connectivity index (χ3n) is 6.62. The van der Waals surface area contributed by atoms with Crippen LogP contribution in [-0.2, 0) is 33.5 Å². The number of rotatable bonds is 6. The Morgan fingerprint density at radius 2 is 1.88 bits per heavy atom. The zero-order valence-electron chi connectivity index (χ0n) is 23.0. The van der Waals surface area contributed by atoms with Crippen LogP contribution in [0.15, 0.2) is 18.2 Å². The number of anilines is 1. The Balaban J connectivity index is 1.64. The van der Waals surface area contributed by atoms with E-state index in [1.54, 1.807) is 27.7 Å². The normalized spacial score (nSPS) is 17.9. The molecule has 1 aromatic heterocycles. The van der Waals surface area contributed by atoms with Crippen molar-refractivity contribution in [3.8, 4) is 17.0 Å². The summed E-state index contributed by atoms with van der Waals surface area (Å²) in [5, 5.41) is 22.5. The van der Waals surface area contributed by atoms with Crippen LogP contribution in [0.25, 0.3) is 11.3 Å². The number of nitrogens with one attached hydrogen (secondary N) is 1. The molecule has 2 aromatic rings. The van der Waals surface area contributed by atoms with Gasteiger partial charge in [0.25, 0.3) is 0 Å². The number of hydrogen-bond acceptors (Lipinski definition) is 9. The number of carbonyl (C=O) groups excluding carboxylic acids is 2. The van der Waals surface area contributed by atoms with Crippen LogP contribution in [-0.4, -0.2) is 75.1 Å². The first kappa shape index (κ1) is 29.4. The molecule has 1 atom stereocenters. The Hall–Kier alpha value is -3.61. The van der Waals surface area contributed by atoms with Crippen LogP contribution < -0.4 is 5.32 Å². The highest BCUT2D eigenvalue weighted by atomic mass is 19.4. The number of aromatic nitrogens is 2. The van der Waals surface area contributed by atoms with Crippen LogP contribution >= 0.6 is 0 Å². The van der Waals surface area contributed by atoms with E-state index in [1.165, 1.54) is 4.90 Å². The lowest BCUT2D eigenvalue weighted by molar-refractivity contribution is -0.144. The number of phenols is 1. The summed E-state index contributed by atoms with van der Waals surface area (Å²) in [6, 6.07) is 2.61. The fourth-order valence-electron chi connectivity index (χ4n) is 4.88. The zero-order valence-corrected chi connectivity index (χ0v) is 23.0. The molecule has 3 heterocycles. The van der Waals surface area contributed by atoms with E-state index in [0.29, 0.717) is 36.2 Å². The maximum absolute atomic E-state index is 13.2. The van der Waals surface area contributed by atoms with Crippen LogP contribution in [0.5, 0.6) is 5.75 Å². The minimum absolute atomic E-state index is 0.0672. The molecule has 218 valence electrons. The van der Waals surface area contributed by atoms with Crippen LogP contribution in [0.3, 0.4) is 0 Å². The molecule has 0 unspecified atom stereocenters. The Labute approximate surface area is 230 Å². The zero-order chi connectivity index (χ0) is 29.2. The predicted octanol–water partition coefficient (Wildman–Crippen LogP) is 4.56. The highest BCUT2D eigenvalue weighted by molar-refractivity contribution is 5.76. The van der Waals surface area contributed by atoms with Crippen LogP contribution in [0.1, 0.15) is 57.2 Å². The van der Waals surface area contributed by atoms with Crippen LogP contribution in [0, 0.1) is 0 Å². The molecule has 40 heavy (non-hydrogen) atoms. The number of piperidine rings is 1. The van der Waals surface area contributed by atoms with E-state index in [-0.39, 0.29) is 42.9 Å². The van der Waals surface area contributed by atoms with Crippen LogP contribution in [0.4, 0.5) is 23.8 Å². The molecule has 0 bridgehead atoms. The van der Waals surface area contributed by atoms with Gasteiger partial charge in [-0.2, -0.15) is 13.2 Å². The third-order valence-corrected chi connectivity index (χ3v) is 6.62. The molecule has 1 aromatic carbocycles. The lowest BCUT2D eigenvalue weighted by Gasteiger charge is -2.33. The summed E-state index contributed by atoms with van der Waals surface area (Å²) in [4.78, 5) is 28.3. The maximum Gasteiger partial charge on any atom is 0.416 e. The van der Waals surface area contributed by atoms with E-state index in [1.807, 2.05) is 4.90 Å². The molecule has 0 saturated carbocycles. The number of phenolic OH excluding ortho intramolecular Hbond substituents is 1. The molecule has 2 N–H and O–H groups in total. The minimum atomic E-state index is -4.62. The smallest absolute Gasteiger partial charge is 0.416 e. The first-order chi connectivity index (χ1) is 18.7. The van der Waals surface area contributed by atoms with Gasteiger partial charge in [0.05, 0.1) is 31.8 Å². The molecule has 1 fully saturated rings. The highest BCUT2D eigenvalue weighted by Gasteiger charge is 2.35. The molecule has 1 saturated heterocycles. The van der Waals surface area contributed by atoms with Crippen molar-refractivity contribution in [3.05, 3.63) is 34.9 Å². The van der Waals surface area contributed by atoms with Crippen molar-refractivity contribution >= 4 is 17.9 Å². The average molecular weight is 566 g/mol. The lowest BCUT2D eigenvalue weighted by Crippen LogP contribution is -2.44. The second-order valence-corrected chi connectivity index (χ2v) is 10.9. The van der Waals surface area contributed by atoms with Crippen molar-refractivity contribution < 1.29 is 37.3 Å². The number of benzene rings is 1. The lowest BCUT2D eigenvalue weighted by atomic mass is 10.0. The number of aromatic hydroxyl groups is 1. The number of amides is 1. The topological polar surface area (TPSA) is 117 Å². The first-order valence-corrected chi connectivity index (χ1v) is 13.2.